The largest absolute Gasteiger partial charge is 0.504 e. The summed E-state index contributed by atoms with van der Waals surface area (Å²) in [5, 5.41) is 20.6. The highest BCUT2D eigenvalue weighted by Gasteiger charge is 2.19. The molecule has 5 nitrogen and oxygen atoms in total. The minimum atomic E-state index is -0.526. The second kappa shape index (κ2) is 4.75. The molecule has 1 N–H and O–H groups in total. The van der Waals surface area contributed by atoms with Gasteiger partial charge >= 0.3 is 0 Å². The van der Waals surface area contributed by atoms with Crippen molar-refractivity contribution >= 4 is 5.69 Å². The quantitative estimate of drug-likeness (QED) is 0.666. The van der Waals surface area contributed by atoms with Gasteiger partial charge in [-0.3, -0.25) is 10.1 Å². The van der Waals surface area contributed by atoms with Crippen LogP contribution in [0.3, 0.4) is 0 Å². The average Bonchev–Trinajstić information content (AvgIpc) is 2.39. The van der Waals surface area contributed by atoms with E-state index in [2.05, 4.69) is 0 Å². The third-order valence-corrected chi connectivity index (χ3v) is 2.58. The van der Waals surface area contributed by atoms with Crippen LogP contribution in [0, 0.1) is 10.1 Å². The summed E-state index contributed by atoms with van der Waals surface area (Å²) in [6.45, 7) is 0. The third-order valence-electron chi connectivity index (χ3n) is 2.58. The van der Waals surface area contributed by atoms with Crippen molar-refractivity contribution < 1.29 is 14.8 Å². The number of ether oxygens (including phenoxy) is 1. The third kappa shape index (κ3) is 2.10. The molecule has 2 aromatic rings. The minimum Gasteiger partial charge on any atom is -0.504 e. The molecule has 0 saturated carbocycles. The van der Waals surface area contributed by atoms with E-state index in [1.807, 2.05) is 6.07 Å². The Bertz CT molecular complexity index is 581. The summed E-state index contributed by atoms with van der Waals surface area (Å²) in [6.07, 6.45) is 0. The molecule has 0 aliphatic rings. The first-order valence-corrected chi connectivity index (χ1v) is 5.24. The number of rotatable bonds is 3. The van der Waals surface area contributed by atoms with Gasteiger partial charge in [-0.05, 0) is 11.6 Å². The fraction of sp³-hybridized carbons (Fsp3) is 0.0769. The van der Waals surface area contributed by atoms with Gasteiger partial charge in [-0.25, -0.2) is 0 Å². The second-order valence-electron chi connectivity index (χ2n) is 3.66. The van der Waals surface area contributed by atoms with Crippen LogP contribution < -0.4 is 4.74 Å². The lowest BCUT2D eigenvalue weighted by molar-refractivity contribution is -0.384. The van der Waals surface area contributed by atoms with Gasteiger partial charge in [0.15, 0.2) is 11.5 Å². The van der Waals surface area contributed by atoms with Crippen LogP contribution >= 0.6 is 0 Å². The Hall–Kier alpha value is -2.56. The van der Waals surface area contributed by atoms with E-state index in [0.717, 1.165) is 6.07 Å². The fourth-order valence-electron chi connectivity index (χ4n) is 1.72. The zero-order valence-electron chi connectivity index (χ0n) is 9.66. The lowest BCUT2D eigenvalue weighted by Crippen LogP contribution is -1.94. The maximum Gasteiger partial charge on any atom is 0.281 e. The van der Waals surface area contributed by atoms with Gasteiger partial charge in [-0.15, -0.1) is 0 Å². The number of phenolic OH excluding ortho intramolecular Hbond substituents is 1. The monoisotopic (exact) mass is 245 g/mol. The standard InChI is InChI=1S/C13H11NO4/c1-18-13-7-10(9-5-3-2-4-6-9)11(14(16)17)8-12(13)15/h2-8,15H,1H3. The Balaban J connectivity index is 2.68. The highest BCUT2D eigenvalue weighted by molar-refractivity contribution is 5.76. The molecule has 0 atom stereocenters. The summed E-state index contributed by atoms with van der Waals surface area (Å²) in [4.78, 5) is 10.5. The molecule has 0 aromatic heterocycles. The van der Waals surface area contributed by atoms with Crippen LogP contribution in [0.2, 0.25) is 0 Å². The number of hydrogen-bond acceptors (Lipinski definition) is 4. The normalized spacial score (nSPS) is 10.1. The van der Waals surface area contributed by atoms with Gasteiger partial charge in [0.05, 0.1) is 23.7 Å². The van der Waals surface area contributed by atoms with E-state index in [1.54, 1.807) is 24.3 Å². The number of aromatic hydroxyl groups is 1. The van der Waals surface area contributed by atoms with E-state index in [9.17, 15) is 15.2 Å². The van der Waals surface area contributed by atoms with Gasteiger partial charge < -0.3 is 9.84 Å². The number of nitro groups is 1. The fourth-order valence-corrected chi connectivity index (χ4v) is 1.72. The van der Waals surface area contributed by atoms with Crippen LogP contribution in [0.5, 0.6) is 11.5 Å². The molecule has 0 unspecified atom stereocenters. The molecular weight excluding hydrogens is 234 g/mol. The molecule has 0 amide bonds. The van der Waals surface area contributed by atoms with E-state index in [4.69, 9.17) is 4.74 Å². The van der Waals surface area contributed by atoms with Crippen molar-refractivity contribution in [3.63, 3.8) is 0 Å². The molecule has 0 bridgehead atoms. The van der Waals surface area contributed by atoms with Crippen molar-refractivity contribution in [3.05, 3.63) is 52.6 Å². The molecule has 0 fully saturated rings. The van der Waals surface area contributed by atoms with Crippen LogP contribution in [0.25, 0.3) is 11.1 Å². The Morgan fingerprint density at radius 1 is 1.22 bits per heavy atom. The zero-order chi connectivity index (χ0) is 13.1. The SMILES string of the molecule is COc1cc(-c2ccccc2)c([N+](=O)[O-])cc1O. The zero-order valence-corrected chi connectivity index (χ0v) is 9.66. The van der Waals surface area contributed by atoms with Crippen molar-refractivity contribution in [2.75, 3.05) is 7.11 Å². The van der Waals surface area contributed by atoms with Gasteiger partial charge in [0.25, 0.3) is 5.69 Å². The molecule has 0 spiro atoms. The summed E-state index contributed by atoms with van der Waals surface area (Å²) in [5.41, 5.74) is 0.956. The Kier molecular flexibility index (Phi) is 3.14. The highest BCUT2D eigenvalue weighted by Crippen LogP contribution is 2.38. The summed E-state index contributed by atoms with van der Waals surface area (Å²) in [7, 11) is 1.40. The number of benzene rings is 2. The summed E-state index contributed by atoms with van der Waals surface area (Å²) in [5.74, 6) is -0.0386. The van der Waals surface area contributed by atoms with Crippen molar-refractivity contribution in [1.29, 1.82) is 0 Å². The smallest absolute Gasteiger partial charge is 0.281 e. The number of methoxy groups -OCH3 is 1. The van der Waals surface area contributed by atoms with E-state index in [0.29, 0.717) is 11.1 Å². The van der Waals surface area contributed by atoms with Crippen molar-refractivity contribution in [2.45, 2.75) is 0 Å². The molecule has 2 rings (SSSR count). The predicted molar refractivity (Wildman–Crippen MR) is 66.7 cm³/mol. The Morgan fingerprint density at radius 2 is 1.89 bits per heavy atom. The molecule has 0 aliphatic heterocycles. The first kappa shape index (κ1) is 11.9. The number of nitrogens with zero attached hydrogens (tertiary/aromatic N) is 1. The number of nitro benzene ring substituents is 1. The first-order valence-electron chi connectivity index (χ1n) is 5.24. The molecule has 0 saturated heterocycles. The van der Waals surface area contributed by atoms with Crippen LogP contribution in [0.15, 0.2) is 42.5 Å². The molecule has 92 valence electrons. The molecule has 2 aromatic carbocycles. The van der Waals surface area contributed by atoms with Crippen molar-refractivity contribution in [2.24, 2.45) is 0 Å². The van der Waals surface area contributed by atoms with Crippen LogP contribution in [0.4, 0.5) is 5.69 Å². The average molecular weight is 245 g/mol. The molecule has 0 radical (unpaired) electrons. The van der Waals surface area contributed by atoms with Crippen LogP contribution in [-0.2, 0) is 0 Å². The van der Waals surface area contributed by atoms with E-state index >= 15 is 0 Å². The van der Waals surface area contributed by atoms with Gasteiger partial charge in [0.1, 0.15) is 0 Å². The van der Waals surface area contributed by atoms with E-state index < -0.39 is 4.92 Å². The van der Waals surface area contributed by atoms with Gasteiger partial charge in [0.2, 0.25) is 0 Å². The van der Waals surface area contributed by atoms with Crippen LogP contribution in [0.1, 0.15) is 0 Å². The maximum atomic E-state index is 11.0. The Morgan fingerprint density at radius 3 is 2.44 bits per heavy atom. The lowest BCUT2D eigenvalue weighted by atomic mass is 10.0. The van der Waals surface area contributed by atoms with Crippen LogP contribution in [-0.4, -0.2) is 17.1 Å². The predicted octanol–water partition coefficient (Wildman–Crippen LogP) is 2.98. The molecule has 0 aliphatic carbocycles. The van der Waals surface area contributed by atoms with E-state index in [1.165, 1.54) is 13.2 Å². The lowest BCUT2D eigenvalue weighted by Gasteiger charge is -2.08. The maximum absolute atomic E-state index is 11.0. The number of phenols is 1. The summed E-state index contributed by atoms with van der Waals surface area (Å²) < 4.78 is 4.97. The number of hydrogen-bond donors (Lipinski definition) is 1. The Labute approximate surface area is 103 Å². The van der Waals surface area contributed by atoms with Gasteiger partial charge in [0, 0.05) is 0 Å². The molecule has 0 heterocycles. The second-order valence-corrected chi connectivity index (χ2v) is 3.66. The highest BCUT2D eigenvalue weighted by atomic mass is 16.6. The van der Waals surface area contributed by atoms with Crippen molar-refractivity contribution in [1.82, 2.24) is 0 Å². The summed E-state index contributed by atoms with van der Waals surface area (Å²) in [6, 6.07) is 11.5. The van der Waals surface area contributed by atoms with E-state index in [-0.39, 0.29) is 17.2 Å². The molecule has 18 heavy (non-hydrogen) atoms. The van der Waals surface area contributed by atoms with Gasteiger partial charge in [-0.2, -0.15) is 0 Å². The molecular formula is C13H11NO4. The van der Waals surface area contributed by atoms with Gasteiger partial charge in [-0.1, -0.05) is 30.3 Å². The van der Waals surface area contributed by atoms with Crippen molar-refractivity contribution in [3.8, 4) is 22.6 Å². The first-order chi connectivity index (χ1) is 8.63. The topological polar surface area (TPSA) is 72.6 Å². The minimum absolute atomic E-state index is 0.153. The molecule has 5 heteroatoms. The summed E-state index contributed by atoms with van der Waals surface area (Å²) >= 11 is 0.